The Labute approximate surface area is 203 Å². The lowest BCUT2D eigenvalue weighted by atomic mass is 10.0. The Kier molecular flexibility index (Phi) is 25.4. The maximum absolute atomic E-state index is 10.3. The predicted octanol–water partition coefficient (Wildman–Crippen LogP) is 9.24. The fourth-order valence-corrected chi connectivity index (χ4v) is 4.25. The van der Waals surface area contributed by atoms with E-state index in [-0.39, 0.29) is 0 Å². The lowest BCUT2D eigenvalue weighted by Crippen LogP contribution is -1.86. The van der Waals surface area contributed by atoms with Crippen molar-refractivity contribution in [2.24, 2.45) is 0 Å². The summed E-state index contributed by atoms with van der Waals surface area (Å²) in [5, 5.41) is 17.0. The normalized spacial score (nSPS) is 11.6. The number of allylic oxidation sites excluding steroid dienone is 2. The maximum Gasteiger partial charge on any atom is 0.327 e. The first-order valence-electron chi connectivity index (χ1n) is 13.9. The highest BCUT2D eigenvalue weighted by molar-refractivity contribution is 5.79. The van der Waals surface area contributed by atoms with Crippen LogP contribution in [-0.4, -0.2) is 22.2 Å². The molecule has 192 valence electrons. The smallest absolute Gasteiger partial charge is 0.327 e. The van der Waals surface area contributed by atoms with Gasteiger partial charge in [0.1, 0.15) is 0 Å². The standard InChI is InChI=1S/C29H52O4/c30-28(31)26-24-22-20-18-16-14-12-10-8-6-4-2-1-3-5-7-9-11-13-15-17-19-21-23-25-27-29(32)33/h24-27H,1-23H2,(H,30,31)(H,32,33). The first-order chi connectivity index (χ1) is 16.1. The zero-order chi connectivity index (χ0) is 24.2. The van der Waals surface area contributed by atoms with E-state index in [1.54, 1.807) is 12.2 Å². The Balaban J connectivity index is 3.08. The Morgan fingerprint density at radius 2 is 0.545 bits per heavy atom. The molecule has 33 heavy (non-hydrogen) atoms. The third kappa shape index (κ3) is 30.4. The van der Waals surface area contributed by atoms with Gasteiger partial charge in [0, 0.05) is 12.2 Å². The summed E-state index contributed by atoms with van der Waals surface area (Å²) in [5.74, 6) is -1.68. The number of aliphatic carboxylic acids is 2. The quantitative estimate of drug-likeness (QED) is 0.0987. The van der Waals surface area contributed by atoms with Crippen LogP contribution >= 0.6 is 0 Å². The van der Waals surface area contributed by atoms with Crippen molar-refractivity contribution in [3.63, 3.8) is 0 Å². The monoisotopic (exact) mass is 464 g/mol. The second-order valence-electron chi connectivity index (χ2n) is 9.48. The first kappa shape index (κ1) is 31.4. The highest BCUT2D eigenvalue weighted by atomic mass is 16.4. The zero-order valence-corrected chi connectivity index (χ0v) is 21.3. The summed E-state index contributed by atoms with van der Waals surface area (Å²) in [5.41, 5.74) is 0. The van der Waals surface area contributed by atoms with Crippen LogP contribution in [0.3, 0.4) is 0 Å². The van der Waals surface area contributed by atoms with Gasteiger partial charge in [0.15, 0.2) is 0 Å². The van der Waals surface area contributed by atoms with Gasteiger partial charge < -0.3 is 10.2 Å². The number of carboxylic acid groups (broad SMARTS) is 2. The van der Waals surface area contributed by atoms with Crippen molar-refractivity contribution in [2.45, 2.75) is 148 Å². The van der Waals surface area contributed by atoms with Crippen LogP contribution in [0.15, 0.2) is 24.3 Å². The lowest BCUT2D eigenvalue weighted by Gasteiger charge is -2.04. The van der Waals surface area contributed by atoms with Gasteiger partial charge in [0.05, 0.1) is 0 Å². The zero-order valence-electron chi connectivity index (χ0n) is 21.3. The molecule has 0 aromatic rings. The summed E-state index contributed by atoms with van der Waals surface area (Å²) in [6, 6.07) is 0. The second-order valence-corrected chi connectivity index (χ2v) is 9.48. The van der Waals surface area contributed by atoms with Gasteiger partial charge in [-0.1, -0.05) is 134 Å². The summed E-state index contributed by atoms with van der Waals surface area (Å²) in [4.78, 5) is 20.7. The van der Waals surface area contributed by atoms with Gasteiger partial charge >= 0.3 is 11.9 Å². The van der Waals surface area contributed by atoms with Gasteiger partial charge in [-0.3, -0.25) is 0 Å². The van der Waals surface area contributed by atoms with E-state index in [9.17, 15) is 9.59 Å². The van der Waals surface area contributed by atoms with Crippen molar-refractivity contribution in [1.29, 1.82) is 0 Å². The van der Waals surface area contributed by atoms with E-state index in [1.807, 2.05) is 0 Å². The van der Waals surface area contributed by atoms with Gasteiger partial charge in [0.25, 0.3) is 0 Å². The third-order valence-electron chi connectivity index (χ3n) is 6.26. The van der Waals surface area contributed by atoms with E-state index >= 15 is 0 Å². The van der Waals surface area contributed by atoms with Crippen molar-refractivity contribution in [3.05, 3.63) is 24.3 Å². The lowest BCUT2D eigenvalue weighted by molar-refractivity contribution is -0.132. The van der Waals surface area contributed by atoms with Crippen molar-refractivity contribution < 1.29 is 19.8 Å². The molecule has 0 aromatic heterocycles. The van der Waals surface area contributed by atoms with Gasteiger partial charge in [-0.2, -0.15) is 0 Å². The number of unbranched alkanes of at least 4 members (excludes halogenated alkanes) is 22. The molecule has 0 unspecified atom stereocenters. The maximum atomic E-state index is 10.3. The van der Waals surface area contributed by atoms with Gasteiger partial charge in [0.2, 0.25) is 0 Å². The van der Waals surface area contributed by atoms with E-state index in [0.717, 1.165) is 25.7 Å². The van der Waals surface area contributed by atoms with Gasteiger partial charge in [-0.25, -0.2) is 9.59 Å². The van der Waals surface area contributed by atoms with Crippen LogP contribution in [-0.2, 0) is 9.59 Å². The SMILES string of the molecule is O=C(O)C=CCCCCCCCCCCCCCCCCCCCCCCCC=CC(=O)O. The van der Waals surface area contributed by atoms with Crippen LogP contribution in [0.2, 0.25) is 0 Å². The predicted molar refractivity (Wildman–Crippen MR) is 140 cm³/mol. The van der Waals surface area contributed by atoms with Crippen LogP contribution in [0.1, 0.15) is 148 Å². The number of hydrogen-bond donors (Lipinski definition) is 2. The minimum Gasteiger partial charge on any atom is -0.478 e. The summed E-state index contributed by atoms with van der Waals surface area (Å²) >= 11 is 0. The molecular formula is C29H52O4. The number of hydrogen-bond acceptors (Lipinski definition) is 2. The van der Waals surface area contributed by atoms with Crippen molar-refractivity contribution in [3.8, 4) is 0 Å². The molecule has 0 radical (unpaired) electrons. The summed E-state index contributed by atoms with van der Waals surface area (Å²) in [6.07, 6.45) is 35.8. The molecule has 0 aliphatic carbocycles. The third-order valence-corrected chi connectivity index (χ3v) is 6.26. The molecule has 0 saturated heterocycles. The van der Waals surface area contributed by atoms with Gasteiger partial charge in [-0.05, 0) is 25.7 Å². The summed E-state index contributed by atoms with van der Waals surface area (Å²) in [7, 11) is 0. The number of carbonyl (C=O) groups is 2. The number of carboxylic acids is 2. The molecule has 0 aliphatic heterocycles. The van der Waals surface area contributed by atoms with Gasteiger partial charge in [-0.15, -0.1) is 0 Å². The molecule has 2 N–H and O–H groups in total. The average molecular weight is 465 g/mol. The molecule has 0 rings (SSSR count). The van der Waals surface area contributed by atoms with Crippen LogP contribution in [0, 0.1) is 0 Å². The molecular weight excluding hydrogens is 412 g/mol. The van der Waals surface area contributed by atoms with E-state index in [1.165, 1.54) is 134 Å². The molecule has 0 amide bonds. The summed E-state index contributed by atoms with van der Waals surface area (Å²) in [6.45, 7) is 0. The Hall–Kier alpha value is -1.58. The summed E-state index contributed by atoms with van der Waals surface area (Å²) < 4.78 is 0. The Morgan fingerprint density at radius 3 is 0.727 bits per heavy atom. The molecule has 0 atom stereocenters. The molecule has 0 aliphatic rings. The van der Waals surface area contributed by atoms with Crippen LogP contribution in [0.25, 0.3) is 0 Å². The molecule has 0 heterocycles. The molecule has 4 heteroatoms. The average Bonchev–Trinajstić information content (AvgIpc) is 2.78. The van der Waals surface area contributed by atoms with E-state index in [2.05, 4.69) is 0 Å². The molecule has 0 aromatic carbocycles. The van der Waals surface area contributed by atoms with Crippen molar-refractivity contribution in [2.75, 3.05) is 0 Å². The van der Waals surface area contributed by atoms with E-state index < -0.39 is 11.9 Å². The topological polar surface area (TPSA) is 74.6 Å². The first-order valence-corrected chi connectivity index (χ1v) is 13.9. The minimum absolute atomic E-state index is 0.841. The van der Waals surface area contributed by atoms with Crippen LogP contribution < -0.4 is 0 Å². The highest BCUT2D eigenvalue weighted by Gasteiger charge is 1.96. The molecule has 0 bridgehead atoms. The molecule has 0 spiro atoms. The van der Waals surface area contributed by atoms with Crippen molar-refractivity contribution in [1.82, 2.24) is 0 Å². The van der Waals surface area contributed by atoms with Crippen LogP contribution in [0.4, 0.5) is 0 Å². The second kappa shape index (κ2) is 26.7. The largest absolute Gasteiger partial charge is 0.478 e. The van der Waals surface area contributed by atoms with Crippen LogP contribution in [0.5, 0.6) is 0 Å². The molecule has 0 fully saturated rings. The highest BCUT2D eigenvalue weighted by Crippen LogP contribution is 2.15. The molecule has 4 nitrogen and oxygen atoms in total. The van der Waals surface area contributed by atoms with E-state index in [0.29, 0.717) is 0 Å². The molecule has 0 saturated carbocycles. The van der Waals surface area contributed by atoms with Crippen molar-refractivity contribution >= 4 is 11.9 Å². The van der Waals surface area contributed by atoms with E-state index in [4.69, 9.17) is 10.2 Å². The fourth-order valence-electron chi connectivity index (χ4n) is 4.25. The minimum atomic E-state index is -0.841. The fraction of sp³-hybridized carbons (Fsp3) is 0.793. The Morgan fingerprint density at radius 1 is 0.364 bits per heavy atom. The Bertz CT molecular complexity index is 452. The number of rotatable bonds is 26.